The molecule has 0 aromatic carbocycles. The van der Waals surface area contributed by atoms with Crippen molar-refractivity contribution in [1.29, 1.82) is 0 Å². The topological polar surface area (TPSA) is 29.5 Å². The van der Waals surface area contributed by atoms with Crippen LogP contribution >= 0.6 is 12.2 Å². The molecule has 1 rings (SSSR count). The van der Waals surface area contributed by atoms with Gasteiger partial charge in [0.05, 0.1) is 0 Å². The van der Waals surface area contributed by atoms with Crippen LogP contribution in [0.4, 0.5) is 0 Å². The molecule has 1 aliphatic rings. The molecule has 1 heterocycles. The SMILES string of the molecule is CN1C(=O)C(C)(C)OC1=S. The minimum absolute atomic E-state index is 0.0856. The van der Waals surface area contributed by atoms with E-state index in [1.54, 1.807) is 20.9 Å². The highest BCUT2D eigenvalue weighted by Crippen LogP contribution is 2.21. The molecule has 0 aliphatic carbocycles. The van der Waals surface area contributed by atoms with Crippen molar-refractivity contribution in [3.05, 3.63) is 0 Å². The zero-order valence-corrected chi connectivity index (χ0v) is 6.99. The van der Waals surface area contributed by atoms with E-state index >= 15 is 0 Å². The quantitative estimate of drug-likeness (QED) is 0.483. The fourth-order valence-corrected chi connectivity index (χ4v) is 1.11. The molecule has 0 aromatic rings. The number of rotatable bonds is 0. The first-order chi connectivity index (χ1) is 4.45. The third-order valence-corrected chi connectivity index (χ3v) is 1.79. The Morgan fingerprint density at radius 2 is 2.10 bits per heavy atom. The molecular weight excluding hydrogens is 150 g/mol. The van der Waals surface area contributed by atoms with Gasteiger partial charge in [0, 0.05) is 7.05 Å². The van der Waals surface area contributed by atoms with Crippen molar-refractivity contribution < 1.29 is 9.53 Å². The van der Waals surface area contributed by atoms with Crippen LogP contribution in [-0.4, -0.2) is 28.6 Å². The van der Waals surface area contributed by atoms with E-state index in [4.69, 9.17) is 17.0 Å². The second-order valence-electron chi connectivity index (χ2n) is 2.74. The van der Waals surface area contributed by atoms with Crippen LogP contribution in [0.2, 0.25) is 0 Å². The normalized spacial score (nSPS) is 23.3. The summed E-state index contributed by atoms with van der Waals surface area (Å²) in [5.41, 5.74) is -0.758. The summed E-state index contributed by atoms with van der Waals surface area (Å²) in [5.74, 6) is -0.0856. The first-order valence-electron chi connectivity index (χ1n) is 2.96. The number of likely N-dealkylation sites (N-methyl/N-ethyl adjacent to an activating group) is 1. The average molecular weight is 159 g/mol. The van der Waals surface area contributed by atoms with E-state index in [2.05, 4.69) is 0 Å². The lowest BCUT2D eigenvalue weighted by Crippen LogP contribution is -2.33. The number of ether oxygens (including phenoxy) is 1. The van der Waals surface area contributed by atoms with Crippen LogP contribution in [0.25, 0.3) is 0 Å². The lowest BCUT2D eigenvalue weighted by Gasteiger charge is -2.11. The van der Waals surface area contributed by atoms with Crippen LogP contribution in [0.15, 0.2) is 0 Å². The Balaban J connectivity index is 2.92. The molecule has 0 saturated carbocycles. The Kier molecular flexibility index (Phi) is 1.43. The molecule has 0 spiro atoms. The van der Waals surface area contributed by atoms with Gasteiger partial charge in [-0.05, 0) is 26.1 Å². The van der Waals surface area contributed by atoms with E-state index in [0.717, 1.165) is 0 Å². The van der Waals surface area contributed by atoms with Gasteiger partial charge in [0.25, 0.3) is 11.1 Å². The van der Waals surface area contributed by atoms with Gasteiger partial charge in [0.1, 0.15) is 0 Å². The lowest BCUT2D eigenvalue weighted by atomic mass is 10.1. The Labute approximate surface area is 65.0 Å². The zero-order chi connectivity index (χ0) is 7.94. The molecule has 10 heavy (non-hydrogen) atoms. The van der Waals surface area contributed by atoms with Gasteiger partial charge in [-0.3, -0.25) is 9.69 Å². The van der Waals surface area contributed by atoms with Crippen molar-refractivity contribution in [3.63, 3.8) is 0 Å². The average Bonchev–Trinajstić information content (AvgIpc) is 1.95. The smallest absolute Gasteiger partial charge is 0.273 e. The van der Waals surface area contributed by atoms with E-state index in [0.29, 0.717) is 0 Å². The molecule has 0 unspecified atom stereocenters. The van der Waals surface area contributed by atoms with Gasteiger partial charge >= 0.3 is 0 Å². The van der Waals surface area contributed by atoms with E-state index in [1.165, 1.54) is 4.90 Å². The molecule has 4 heteroatoms. The predicted octanol–water partition coefficient (Wildman–Crippen LogP) is 0.539. The summed E-state index contributed by atoms with van der Waals surface area (Å²) in [7, 11) is 1.61. The first kappa shape index (κ1) is 7.47. The highest BCUT2D eigenvalue weighted by molar-refractivity contribution is 7.80. The largest absolute Gasteiger partial charge is 0.454 e. The van der Waals surface area contributed by atoms with E-state index < -0.39 is 5.60 Å². The first-order valence-corrected chi connectivity index (χ1v) is 3.37. The molecule has 1 fully saturated rings. The summed E-state index contributed by atoms with van der Waals surface area (Å²) in [6.45, 7) is 3.40. The zero-order valence-electron chi connectivity index (χ0n) is 6.17. The molecule has 1 saturated heterocycles. The maximum absolute atomic E-state index is 11.2. The molecule has 0 N–H and O–H groups in total. The monoisotopic (exact) mass is 159 g/mol. The maximum Gasteiger partial charge on any atom is 0.273 e. The fraction of sp³-hybridized carbons (Fsp3) is 0.667. The summed E-state index contributed by atoms with van der Waals surface area (Å²) in [5, 5.41) is 0.259. The minimum Gasteiger partial charge on any atom is -0.454 e. The van der Waals surface area contributed by atoms with E-state index in [1.807, 2.05) is 0 Å². The van der Waals surface area contributed by atoms with E-state index in [9.17, 15) is 4.79 Å². The Bertz CT molecular complexity index is 200. The second kappa shape index (κ2) is 1.92. The number of hydrogen-bond acceptors (Lipinski definition) is 3. The highest BCUT2D eigenvalue weighted by atomic mass is 32.1. The fourth-order valence-electron chi connectivity index (χ4n) is 0.817. The van der Waals surface area contributed by atoms with Gasteiger partial charge in [-0.2, -0.15) is 0 Å². The molecule has 1 amide bonds. The molecule has 0 radical (unpaired) electrons. The maximum atomic E-state index is 11.2. The molecular formula is C6H9NO2S. The Hall–Kier alpha value is -0.640. The Morgan fingerprint density at radius 1 is 1.60 bits per heavy atom. The van der Waals surface area contributed by atoms with Crippen molar-refractivity contribution >= 4 is 23.3 Å². The molecule has 3 nitrogen and oxygen atoms in total. The van der Waals surface area contributed by atoms with Gasteiger partial charge in [-0.25, -0.2) is 0 Å². The Morgan fingerprint density at radius 3 is 2.20 bits per heavy atom. The van der Waals surface area contributed by atoms with Crippen molar-refractivity contribution in [3.8, 4) is 0 Å². The standard InChI is InChI=1S/C6H9NO2S/c1-6(2)4(8)7(3)5(10)9-6/h1-3H3. The number of nitrogens with zero attached hydrogens (tertiary/aromatic N) is 1. The molecule has 0 atom stereocenters. The summed E-state index contributed by atoms with van der Waals surface area (Å²) in [6.07, 6.45) is 0. The predicted molar refractivity (Wildman–Crippen MR) is 40.5 cm³/mol. The van der Waals surface area contributed by atoms with E-state index in [-0.39, 0.29) is 11.1 Å². The van der Waals surface area contributed by atoms with Crippen LogP contribution in [-0.2, 0) is 9.53 Å². The summed E-state index contributed by atoms with van der Waals surface area (Å²) >= 11 is 4.75. The minimum atomic E-state index is -0.758. The summed E-state index contributed by atoms with van der Waals surface area (Å²) in [4.78, 5) is 12.5. The van der Waals surface area contributed by atoms with Crippen molar-refractivity contribution in [2.75, 3.05) is 7.05 Å². The number of amides is 1. The van der Waals surface area contributed by atoms with Crippen LogP contribution in [0.1, 0.15) is 13.8 Å². The van der Waals surface area contributed by atoms with Crippen LogP contribution in [0.5, 0.6) is 0 Å². The number of thiocarbonyl (C=S) groups is 1. The van der Waals surface area contributed by atoms with Gasteiger partial charge in [-0.1, -0.05) is 0 Å². The lowest BCUT2D eigenvalue weighted by molar-refractivity contribution is -0.133. The van der Waals surface area contributed by atoms with Gasteiger partial charge in [-0.15, -0.1) is 0 Å². The van der Waals surface area contributed by atoms with Crippen molar-refractivity contribution in [1.82, 2.24) is 4.90 Å². The van der Waals surface area contributed by atoms with Crippen LogP contribution < -0.4 is 0 Å². The molecule has 1 aliphatic heterocycles. The summed E-state index contributed by atoms with van der Waals surface area (Å²) < 4.78 is 5.08. The van der Waals surface area contributed by atoms with Gasteiger partial charge < -0.3 is 4.74 Å². The molecule has 56 valence electrons. The van der Waals surface area contributed by atoms with Crippen LogP contribution in [0.3, 0.4) is 0 Å². The number of carbonyl (C=O) groups is 1. The van der Waals surface area contributed by atoms with Crippen molar-refractivity contribution in [2.45, 2.75) is 19.4 Å². The highest BCUT2D eigenvalue weighted by Gasteiger charge is 2.42. The van der Waals surface area contributed by atoms with Gasteiger partial charge in [0.2, 0.25) is 0 Å². The summed E-state index contributed by atoms with van der Waals surface area (Å²) in [6, 6.07) is 0. The van der Waals surface area contributed by atoms with Crippen LogP contribution in [0, 0.1) is 0 Å². The number of hydrogen-bond donors (Lipinski definition) is 0. The third kappa shape index (κ3) is 0.883. The molecule has 0 aromatic heterocycles. The second-order valence-corrected chi connectivity index (χ2v) is 3.09. The molecule has 0 bridgehead atoms. The van der Waals surface area contributed by atoms with Gasteiger partial charge in [0.15, 0.2) is 5.60 Å². The third-order valence-electron chi connectivity index (χ3n) is 1.44. The number of carbonyl (C=O) groups excluding carboxylic acids is 1. The van der Waals surface area contributed by atoms with Crippen molar-refractivity contribution in [2.24, 2.45) is 0 Å².